The number of para-hydroxylation sites is 1. The standard InChI is InChI=1S/C24H26N6O/c1-30(2)15-7-14-25-23-26-17-20(18-27-23)13-12-19-8-6-11-22(16-19)29-24(31)28-21-9-4-3-5-10-21/h3-6,8-11,16-18H,7,14-15H2,1-2H3,(H,25,26,27)(H2,28,29,31). The lowest BCUT2D eigenvalue weighted by Gasteiger charge is -2.09. The first-order chi connectivity index (χ1) is 15.1. The van der Waals surface area contributed by atoms with Crippen molar-refractivity contribution in [3.8, 4) is 11.8 Å². The number of hydrogen-bond acceptors (Lipinski definition) is 5. The first-order valence-corrected chi connectivity index (χ1v) is 10.0. The number of benzene rings is 2. The number of nitrogens with zero attached hydrogens (tertiary/aromatic N) is 3. The van der Waals surface area contributed by atoms with Gasteiger partial charge in [-0.3, -0.25) is 0 Å². The third-order valence-corrected chi connectivity index (χ3v) is 4.22. The summed E-state index contributed by atoms with van der Waals surface area (Å²) in [7, 11) is 4.10. The zero-order valence-electron chi connectivity index (χ0n) is 17.7. The molecular formula is C24H26N6O. The van der Waals surface area contributed by atoms with Crippen molar-refractivity contribution in [1.29, 1.82) is 0 Å². The van der Waals surface area contributed by atoms with Crippen molar-refractivity contribution in [1.82, 2.24) is 14.9 Å². The molecule has 2 aromatic carbocycles. The summed E-state index contributed by atoms with van der Waals surface area (Å²) in [6.45, 7) is 1.83. The summed E-state index contributed by atoms with van der Waals surface area (Å²) in [6, 6.07) is 16.3. The van der Waals surface area contributed by atoms with E-state index in [1.807, 2.05) is 54.6 Å². The predicted octanol–water partition coefficient (Wildman–Crippen LogP) is 3.88. The van der Waals surface area contributed by atoms with Crippen molar-refractivity contribution in [2.45, 2.75) is 6.42 Å². The van der Waals surface area contributed by atoms with Crippen molar-refractivity contribution >= 4 is 23.4 Å². The minimum absolute atomic E-state index is 0.307. The normalized spacial score (nSPS) is 10.2. The van der Waals surface area contributed by atoms with Crippen molar-refractivity contribution in [3.05, 3.63) is 78.1 Å². The second-order valence-electron chi connectivity index (χ2n) is 7.15. The van der Waals surface area contributed by atoms with Gasteiger partial charge in [-0.25, -0.2) is 14.8 Å². The van der Waals surface area contributed by atoms with Gasteiger partial charge in [-0.1, -0.05) is 36.1 Å². The minimum atomic E-state index is -0.307. The molecule has 0 atom stereocenters. The molecule has 0 radical (unpaired) electrons. The van der Waals surface area contributed by atoms with E-state index >= 15 is 0 Å². The van der Waals surface area contributed by atoms with Gasteiger partial charge in [0.15, 0.2) is 0 Å². The van der Waals surface area contributed by atoms with Crippen molar-refractivity contribution in [3.63, 3.8) is 0 Å². The Bertz CT molecular complexity index is 1040. The average Bonchev–Trinajstić information content (AvgIpc) is 2.77. The Morgan fingerprint density at radius 1 is 0.903 bits per heavy atom. The lowest BCUT2D eigenvalue weighted by molar-refractivity contribution is 0.262. The molecule has 158 valence electrons. The van der Waals surface area contributed by atoms with Crippen LogP contribution in [0.5, 0.6) is 0 Å². The lowest BCUT2D eigenvalue weighted by Crippen LogP contribution is -2.19. The highest BCUT2D eigenvalue weighted by atomic mass is 16.2. The Balaban J connectivity index is 1.54. The van der Waals surface area contributed by atoms with Crippen molar-refractivity contribution in [2.24, 2.45) is 0 Å². The van der Waals surface area contributed by atoms with Gasteiger partial charge in [0.2, 0.25) is 5.95 Å². The maximum atomic E-state index is 12.1. The second-order valence-corrected chi connectivity index (χ2v) is 7.15. The quantitative estimate of drug-likeness (QED) is 0.404. The van der Waals surface area contributed by atoms with Gasteiger partial charge in [-0.15, -0.1) is 0 Å². The SMILES string of the molecule is CN(C)CCCNc1ncc(C#Cc2cccc(NC(=O)Nc3ccccc3)c2)cn1. The topological polar surface area (TPSA) is 82.2 Å². The molecule has 0 fully saturated rings. The highest BCUT2D eigenvalue weighted by Crippen LogP contribution is 2.12. The Morgan fingerprint density at radius 2 is 1.58 bits per heavy atom. The van der Waals surface area contributed by atoms with Crippen LogP contribution in [0.4, 0.5) is 22.1 Å². The number of amides is 2. The van der Waals surface area contributed by atoms with Crippen molar-refractivity contribution in [2.75, 3.05) is 43.1 Å². The number of carbonyl (C=O) groups excluding carboxylic acids is 1. The molecule has 0 unspecified atom stereocenters. The third-order valence-electron chi connectivity index (χ3n) is 4.22. The van der Waals surface area contributed by atoms with Gasteiger partial charge in [-0.05, 0) is 57.4 Å². The number of urea groups is 1. The number of nitrogens with one attached hydrogen (secondary N) is 3. The van der Waals surface area contributed by atoms with Crippen LogP contribution in [0.15, 0.2) is 67.0 Å². The van der Waals surface area contributed by atoms with Crippen LogP contribution in [0.3, 0.4) is 0 Å². The van der Waals surface area contributed by atoms with Crippen molar-refractivity contribution < 1.29 is 4.79 Å². The molecule has 7 nitrogen and oxygen atoms in total. The fourth-order valence-corrected chi connectivity index (χ4v) is 2.71. The summed E-state index contributed by atoms with van der Waals surface area (Å²) in [5.74, 6) is 6.73. The largest absolute Gasteiger partial charge is 0.354 e. The average molecular weight is 415 g/mol. The summed E-state index contributed by atoms with van der Waals surface area (Å²) in [5, 5.41) is 8.80. The van der Waals surface area contributed by atoms with Crippen LogP contribution < -0.4 is 16.0 Å². The first kappa shape index (κ1) is 21.8. The molecule has 1 heterocycles. The summed E-state index contributed by atoms with van der Waals surface area (Å²) >= 11 is 0. The Kier molecular flexibility index (Phi) is 7.97. The number of anilines is 3. The molecule has 0 saturated carbocycles. The summed E-state index contributed by atoms with van der Waals surface area (Å²) in [5.41, 5.74) is 2.89. The van der Waals surface area contributed by atoms with Gasteiger partial charge in [0.05, 0.1) is 5.56 Å². The molecule has 2 amide bonds. The van der Waals surface area contributed by atoms with Crippen LogP contribution in [0.1, 0.15) is 17.5 Å². The summed E-state index contributed by atoms with van der Waals surface area (Å²) in [4.78, 5) is 22.9. The van der Waals surface area contributed by atoms with Gasteiger partial charge in [0, 0.05) is 35.9 Å². The van der Waals surface area contributed by atoms with Gasteiger partial charge in [0.25, 0.3) is 0 Å². The highest BCUT2D eigenvalue weighted by molar-refractivity contribution is 5.99. The Morgan fingerprint density at radius 3 is 2.32 bits per heavy atom. The van der Waals surface area contributed by atoms with E-state index in [1.54, 1.807) is 12.4 Å². The predicted molar refractivity (Wildman–Crippen MR) is 125 cm³/mol. The molecule has 0 aliphatic carbocycles. The van der Waals surface area contributed by atoms with Crippen LogP contribution in [-0.2, 0) is 0 Å². The van der Waals surface area contributed by atoms with Crippen LogP contribution in [0.25, 0.3) is 0 Å². The van der Waals surface area contributed by atoms with E-state index in [2.05, 4.69) is 56.8 Å². The molecule has 3 N–H and O–H groups in total. The monoisotopic (exact) mass is 414 g/mol. The van der Waals surface area contributed by atoms with Gasteiger partial charge in [0.1, 0.15) is 0 Å². The van der Waals surface area contributed by atoms with Gasteiger partial charge in [-0.2, -0.15) is 0 Å². The molecular weight excluding hydrogens is 388 g/mol. The van der Waals surface area contributed by atoms with Gasteiger partial charge >= 0.3 is 6.03 Å². The molecule has 0 spiro atoms. The van der Waals surface area contributed by atoms with E-state index in [9.17, 15) is 4.79 Å². The number of rotatable bonds is 7. The van der Waals surface area contributed by atoms with E-state index in [-0.39, 0.29) is 6.03 Å². The fraction of sp³-hybridized carbons (Fsp3) is 0.208. The van der Waals surface area contributed by atoms with Crippen LogP contribution in [-0.4, -0.2) is 48.1 Å². The first-order valence-electron chi connectivity index (χ1n) is 10.0. The zero-order chi connectivity index (χ0) is 21.9. The van der Waals surface area contributed by atoms with Crippen LogP contribution in [0.2, 0.25) is 0 Å². The number of carbonyl (C=O) groups is 1. The Hall–Kier alpha value is -3.89. The second kappa shape index (κ2) is 11.3. The van der Waals surface area contributed by atoms with Crippen LogP contribution in [0, 0.1) is 11.8 Å². The van der Waals surface area contributed by atoms with E-state index in [4.69, 9.17) is 0 Å². The Labute approximate surface area is 182 Å². The van der Waals surface area contributed by atoms with Crippen LogP contribution >= 0.6 is 0 Å². The van der Waals surface area contributed by atoms with E-state index < -0.39 is 0 Å². The number of aromatic nitrogens is 2. The van der Waals surface area contributed by atoms with E-state index in [1.165, 1.54) is 0 Å². The maximum Gasteiger partial charge on any atom is 0.323 e. The highest BCUT2D eigenvalue weighted by Gasteiger charge is 2.02. The molecule has 31 heavy (non-hydrogen) atoms. The molecule has 7 heteroatoms. The van der Waals surface area contributed by atoms with E-state index in [0.29, 0.717) is 11.6 Å². The zero-order valence-corrected chi connectivity index (χ0v) is 17.7. The number of hydrogen-bond donors (Lipinski definition) is 3. The maximum absolute atomic E-state index is 12.1. The molecule has 0 saturated heterocycles. The fourth-order valence-electron chi connectivity index (χ4n) is 2.71. The third kappa shape index (κ3) is 7.80. The molecule has 1 aromatic heterocycles. The van der Waals surface area contributed by atoms with Gasteiger partial charge < -0.3 is 20.9 Å². The molecule has 0 aliphatic rings. The molecule has 0 aliphatic heterocycles. The smallest absolute Gasteiger partial charge is 0.323 e. The lowest BCUT2D eigenvalue weighted by atomic mass is 10.2. The van der Waals surface area contributed by atoms with E-state index in [0.717, 1.165) is 36.3 Å². The minimum Gasteiger partial charge on any atom is -0.354 e. The molecule has 0 bridgehead atoms. The molecule has 3 aromatic rings. The summed E-state index contributed by atoms with van der Waals surface area (Å²) < 4.78 is 0. The molecule has 3 rings (SSSR count). The summed E-state index contributed by atoms with van der Waals surface area (Å²) in [6.07, 6.45) is 4.42.